The van der Waals surface area contributed by atoms with Crippen molar-refractivity contribution in [3.63, 3.8) is 0 Å². The molecule has 0 fully saturated rings. The monoisotopic (exact) mass is 559 g/mol. The van der Waals surface area contributed by atoms with Crippen LogP contribution in [0.1, 0.15) is 43.0 Å². The first-order chi connectivity index (χ1) is 17.5. The van der Waals surface area contributed by atoms with Crippen LogP contribution in [0.4, 0.5) is 5.69 Å². The number of hydrazone groups is 1. The van der Waals surface area contributed by atoms with E-state index in [0.717, 1.165) is 22.3 Å². The van der Waals surface area contributed by atoms with Gasteiger partial charge in [-0.25, -0.2) is 5.43 Å². The fourth-order valence-corrected chi connectivity index (χ4v) is 5.28. The van der Waals surface area contributed by atoms with Crippen molar-refractivity contribution in [2.45, 2.75) is 19.6 Å². The zero-order valence-corrected chi connectivity index (χ0v) is 22.6. The molecular formula is C26H26ClN3O5S2. The molecule has 3 N–H and O–H groups in total. The molecule has 0 aliphatic rings. The van der Waals surface area contributed by atoms with E-state index in [9.17, 15) is 18.0 Å². The number of nitrogens with one attached hydrogen (secondary N) is 2. The lowest BCUT2D eigenvalue weighted by Crippen LogP contribution is -2.21. The Morgan fingerprint density at radius 3 is 2.54 bits per heavy atom. The van der Waals surface area contributed by atoms with Crippen molar-refractivity contribution in [2.75, 3.05) is 16.8 Å². The number of thioether (sulfide) groups is 1. The Morgan fingerprint density at radius 1 is 1.03 bits per heavy atom. The lowest BCUT2D eigenvalue weighted by atomic mass is 10.1. The van der Waals surface area contributed by atoms with E-state index in [1.807, 2.05) is 38.1 Å². The van der Waals surface area contributed by atoms with Crippen LogP contribution < -0.4 is 10.7 Å². The van der Waals surface area contributed by atoms with Gasteiger partial charge in [0.05, 0.1) is 23.2 Å². The standard InChI is InChI=1S/C26H26ClN3O5S2/c1-17-6-7-19(12-18(17)2)15-28-30-26(32)23-14-22(27)8-9-24(23)29-25(31)21-5-3-4-20(13-21)16-36-10-11-37(33,34)35/h3-9,12-15H,10-11,16H2,1-2H3,(H,29,31)(H,30,32)(H,33,34,35). The van der Waals surface area contributed by atoms with E-state index in [2.05, 4.69) is 15.8 Å². The van der Waals surface area contributed by atoms with E-state index >= 15 is 0 Å². The van der Waals surface area contributed by atoms with E-state index in [0.29, 0.717) is 16.3 Å². The average Bonchev–Trinajstić information content (AvgIpc) is 2.84. The molecule has 11 heteroatoms. The Bertz CT molecular complexity index is 1440. The first kappa shape index (κ1) is 28.4. The molecule has 2 amide bonds. The molecule has 194 valence electrons. The van der Waals surface area contributed by atoms with E-state index < -0.39 is 21.9 Å². The normalized spacial score (nSPS) is 11.5. The molecule has 0 atom stereocenters. The third-order valence-corrected chi connectivity index (χ3v) is 7.57. The number of amides is 2. The van der Waals surface area contributed by atoms with Crippen molar-refractivity contribution >= 4 is 57.2 Å². The zero-order valence-electron chi connectivity index (χ0n) is 20.2. The van der Waals surface area contributed by atoms with Crippen LogP contribution in [0.3, 0.4) is 0 Å². The third-order valence-electron chi connectivity index (χ3n) is 5.33. The molecule has 0 aromatic heterocycles. The highest BCUT2D eigenvalue weighted by Gasteiger charge is 2.15. The predicted octanol–water partition coefficient (Wildman–Crippen LogP) is 5.09. The van der Waals surface area contributed by atoms with Gasteiger partial charge >= 0.3 is 0 Å². The van der Waals surface area contributed by atoms with Crippen molar-refractivity contribution in [3.05, 3.63) is 99.1 Å². The topological polar surface area (TPSA) is 125 Å². The molecule has 0 aliphatic carbocycles. The number of benzene rings is 3. The first-order valence-corrected chi connectivity index (χ1v) is 14.3. The van der Waals surface area contributed by atoms with Crippen molar-refractivity contribution < 1.29 is 22.6 Å². The summed E-state index contributed by atoms with van der Waals surface area (Å²) < 4.78 is 30.5. The number of carbonyl (C=O) groups excluding carboxylic acids is 2. The molecule has 0 saturated carbocycles. The quantitative estimate of drug-likeness (QED) is 0.137. The van der Waals surface area contributed by atoms with Crippen LogP contribution in [0, 0.1) is 13.8 Å². The molecule has 0 aliphatic heterocycles. The summed E-state index contributed by atoms with van der Waals surface area (Å²) in [5.41, 5.74) is 7.15. The number of nitrogens with zero attached hydrogens (tertiary/aromatic N) is 1. The Kier molecular flexibility index (Phi) is 9.87. The van der Waals surface area contributed by atoms with Gasteiger partial charge in [0.1, 0.15) is 0 Å². The smallest absolute Gasteiger partial charge is 0.273 e. The van der Waals surface area contributed by atoms with Crippen LogP contribution in [0.25, 0.3) is 0 Å². The van der Waals surface area contributed by atoms with Gasteiger partial charge in [-0.3, -0.25) is 14.1 Å². The highest BCUT2D eigenvalue weighted by Crippen LogP contribution is 2.22. The second kappa shape index (κ2) is 12.9. The summed E-state index contributed by atoms with van der Waals surface area (Å²) in [7, 11) is -4.01. The molecule has 8 nitrogen and oxygen atoms in total. The highest BCUT2D eigenvalue weighted by molar-refractivity contribution is 7.99. The van der Waals surface area contributed by atoms with Gasteiger partial charge in [0.25, 0.3) is 21.9 Å². The van der Waals surface area contributed by atoms with Crippen LogP contribution in [0.5, 0.6) is 0 Å². The number of rotatable bonds is 10. The molecule has 0 heterocycles. The average molecular weight is 560 g/mol. The van der Waals surface area contributed by atoms with E-state index in [-0.39, 0.29) is 22.8 Å². The number of aryl methyl sites for hydroxylation is 2. The molecule has 0 unspecified atom stereocenters. The summed E-state index contributed by atoms with van der Waals surface area (Å²) in [6.45, 7) is 4.00. The Labute approximate surface area is 225 Å². The lowest BCUT2D eigenvalue weighted by molar-refractivity contribution is 0.0956. The van der Waals surface area contributed by atoms with Gasteiger partial charge in [-0.2, -0.15) is 25.3 Å². The summed E-state index contributed by atoms with van der Waals surface area (Å²) in [5.74, 6) is -0.621. The molecule has 3 rings (SSSR count). The molecule has 0 radical (unpaired) electrons. The van der Waals surface area contributed by atoms with Crippen LogP contribution in [-0.2, 0) is 15.9 Å². The van der Waals surface area contributed by atoms with Gasteiger partial charge in [0.15, 0.2) is 0 Å². The molecular weight excluding hydrogens is 534 g/mol. The maximum absolute atomic E-state index is 12.9. The fraction of sp³-hybridized carbons (Fsp3) is 0.192. The molecule has 37 heavy (non-hydrogen) atoms. The van der Waals surface area contributed by atoms with Gasteiger partial charge in [-0.05, 0) is 66.4 Å². The summed E-state index contributed by atoms with van der Waals surface area (Å²) in [5, 5.41) is 7.09. The Hall–Kier alpha value is -3.18. The third kappa shape index (κ3) is 9.01. The van der Waals surface area contributed by atoms with Gasteiger partial charge in [-0.15, -0.1) is 0 Å². The second-order valence-corrected chi connectivity index (χ2v) is 11.3. The van der Waals surface area contributed by atoms with Crippen molar-refractivity contribution in [1.29, 1.82) is 0 Å². The molecule has 0 bridgehead atoms. The van der Waals surface area contributed by atoms with Crippen LogP contribution in [-0.4, -0.2) is 42.5 Å². The second-order valence-electron chi connectivity index (χ2n) is 8.23. The van der Waals surface area contributed by atoms with Gasteiger partial charge in [-0.1, -0.05) is 41.9 Å². The van der Waals surface area contributed by atoms with Crippen molar-refractivity contribution in [1.82, 2.24) is 5.43 Å². The minimum atomic E-state index is -4.01. The predicted molar refractivity (Wildman–Crippen MR) is 149 cm³/mol. The van der Waals surface area contributed by atoms with Crippen LogP contribution in [0.2, 0.25) is 5.02 Å². The lowest BCUT2D eigenvalue weighted by Gasteiger charge is -2.11. The summed E-state index contributed by atoms with van der Waals surface area (Å²) in [6.07, 6.45) is 1.53. The van der Waals surface area contributed by atoms with E-state index in [1.165, 1.54) is 30.1 Å². The molecule has 0 saturated heterocycles. The molecule has 3 aromatic rings. The Balaban J connectivity index is 1.68. The zero-order chi connectivity index (χ0) is 27.0. The van der Waals surface area contributed by atoms with Gasteiger partial charge in [0.2, 0.25) is 0 Å². The maximum atomic E-state index is 12.9. The Morgan fingerprint density at radius 2 is 1.81 bits per heavy atom. The van der Waals surface area contributed by atoms with E-state index in [4.69, 9.17) is 16.2 Å². The summed E-state index contributed by atoms with van der Waals surface area (Å²) >= 11 is 7.42. The van der Waals surface area contributed by atoms with Gasteiger partial charge < -0.3 is 5.32 Å². The number of hydrogen-bond acceptors (Lipinski definition) is 6. The van der Waals surface area contributed by atoms with Crippen molar-refractivity contribution in [3.8, 4) is 0 Å². The van der Waals surface area contributed by atoms with Crippen LogP contribution >= 0.6 is 23.4 Å². The summed E-state index contributed by atoms with van der Waals surface area (Å²) in [6, 6.07) is 17.2. The fourth-order valence-electron chi connectivity index (χ4n) is 3.24. The van der Waals surface area contributed by atoms with Crippen LogP contribution in [0.15, 0.2) is 65.8 Å². The number of hydrogen-bond donors (Lipinski definition) is 3. The largest absolute Gasteiger partial charge is 0.321 e. The number of carbonyl (C=O) groups is 2. The first-order valence-electron chi connectivity index (χ1n) is 11.2. The minimum Gasteiger partial charge on any atom is -0.321 e. The summed E-state index contributed by atoms with van der Waals surface area (Å²) in [4.78, 5) is 25.7. The minimum absolute atomic E-state index is 0.148. The maximum Gasteiger partial charge on any atom is 0.273 e. The van der Waals surface area contributed by atoms with Gasteiger partial charge in [0, 0.05) is 22.1 Å². The van der Waals surface area contributed by atoms with Crippen molar-refractivity contribution in [2.24, 2.45) is 5.10 Å². The molecule has 3 aromatic carbocycles. The van der Waals surface area contributed by atoms with E-state index in [1.54, 1.807) is 24.3 Å². The SMILES string of the molecule is Cc1ccc(C=NNC(=O)c2cc(Cl)ccc2NC(=O)c2cccc(CSCCS(=O)(=O)O)c2)cc1C. The molecule has 0 spiro atoms. The highest BCUT2D eigenvalue weighted by atomic mass is 35.5. The number of anilines is 1. The number of halogens is 1.